The molecule has 3 aromatic rings. The van der Waals surface area contributed by atoms with Crippen molar-refractivity contribution in [3.63, 3.8) is 0 Å². The Kier molecular flexibility index (Phi) is 2.28. The highest BCUT2D eigenvalue weighted by molar-refractivity contribution is 6.29. The Morgan fingerprint density at radius 1 is 1.20 bits per heavy atom. The molecule has 0 fully saturated rings. The van der Waals surface area contributed by atoms with Crippen LogP contribution in [0.25, 0.3) is 16.9 Å². The van der Waals surface area contributed by atoms with E-state index in [4.69, 9.17) is 21.1 Å². The zero-order chi connectivity index (χ0) is 13.7. The summed E-state index contributed by atoms with van der Waals surface area (Å²) in [5.74, 6) is 1.26. The van der Waals surface area contributed by atoms with E-state index in [2.05, 4.69) is 9.97 Å². The molecule has 1 aliphatic heterocycles. The fourth-order valence-corrected chi connectivity index (χ4v) is 2.37. The van der Waals surface area contributed by atoms with Crippen LogP contribution in [-0.4, -0.2) is 21.3 Å². The highest BCUT2D eigenvalue weighted by atomic mass is 35.5. The smallest absolute Gasteiger partial charge is 0.332 e. The normalized spacial score (nSPS) is 13.1. The van der Waals surface area contributed by atoms with E-state index in [-0.39, 0.29) is 12.5 Å². The Balaban J connectivity index is 2.00. The van der Waals surface area contributed by atoms with Crippen molar-refractivity contribution < 1.29 is 9.47 Å². The highest BCUT2D eigenvalue weighted by Gasteiger charge is 2.16. The summed E-state index contributed by atoms with van der Waals surface area (Å²) in [6.45, 7) is 0.186. The van der Waals surface area contributed by atoms with Crippen LogP contribution in [0, 0.1) is 0 Å². The van der Waals surface area contributed by atoms with Crippen LogP contribution >= 0.6 is 11.6 Å². The van der Waals surface area contributed by atoms with Gasteiger partial charge in [0.15, 0.2) is 17.1 Å². The number of aromatic amines is 1. The monoisotopic (exact) mass is 289 g/mol. The highest BCUT2D eigenvalue weighted by Crippen LogP contribution is 2.33. The first-order valence-electron chi connectivity index (χ1n) is 5.90. The number of pyridine rings is 1. The molecule has 20 heavy (non-hydrogen) atoms. The number of benzene rings is 1. The molecule has 0 saturated heterocycles. The Morgan fingerprint density at radius 2 is 2.05 bits per heavy atom. The maximum atomic E-state index is 12.1. The maximum Gasteiger partial charge on any atom is 0.332 e. The van der Waals surface area contributed by atoms with Gasteiger partial charge in [-0.05, 0) is 24.3 Å². The molecule has 1 aliphatic rings. The number of ether oxygens (including phenoxy) is 2. The Bertz CT molecular complexity index is 884. The summed E-state index contributed by atoms with van der Waals surface area (Å²) in [5, 5.41) is 0.325. The molecule has 1 N–H and O–H groups in total. The molecule has 0 amide bonds. The molecule has 100 valence electrons. The second-order valence-electron chi connectivity index (χ2n) is 4.31. The topological polar surface area (TPSA) is 69.1 Å². The summed E-state index contributed by atoms with van der Waals surface area (Å²) in [4.78, 5) is 19.0. The van der Waals surface area contributed by atoms with Gasteiger partial charge in [0, 0.05) is 6.07 Å². The lowest BCUT2D eigenvalue weighted by Gasteiger charge is -2.04. The van der Waals surface area contributed by atoms with Crippen molar-refractivity contribution in [1.29, 1.82) is 0 Å². The lowest BCUT2D eigenvalue weighted by atomic mass is 10.2. The van der Waals surface area contributed by atoms with E-state index in [1.807, 2.05) is 0 Å². The zero-order valence-electron chi connectivity index (χ0n) is 10.1. The molecule has 7 heteroatoms. The van der Waals surface area contributed by atoms with Gasteiger partial charge >= 0.3 is 5.69 Å². The van der Waals surface area contributed by atoms with Crippen LogP contribution < -0.4 is 15.2 Å². The van der Waals surface area contributed by atoms with Crippen LogP contribution in [0.1, 0.15) is 0 Å². The van der Waals surface area contributed by atoms with E-state index in [1.165, 1.54) is 4.57 Å². The van der Waals surface area contributed by atoms with Gasteiger partial charge in [0.25, 0.3) is 0 Å². The predicted octanol–water partition coefficient (Wildman–Crippen LogP) is 2.10. The minimum Gasteiger partial charge on any atom is -0.454 e. The molecule has 6 nitrogen and oxygen atoms in total. The van der Waals surface area contributed by atoms with Crippen LogP contribution in [0.5, 0.6) is 11.5 Å². The standard InChI is InChI=1S/C13H8ClN3O3/c14-11-4-2-8-12(16-11)17(13(18)15-8)7-1-3-9-10(5-7)20-6-19-9/h1-5H,6H2,(H,15,18). The average molecular weight is 290 g/mol. The SMILES string of the molecule is O=c1[nH]c2ccc(Cl)nc2n1-c1ccc2c(c1)OCO2. The number of halogens is 1. The Hall–Kier alpha value is -2.47. The fourth-order valence-electron chi connectivity index (χ4n) is 2.22. The molecule has 0 bridgehead atoms. The summed E-state index contributed by atoms with van der Waals surface area (Å²) >= 11 is 5.90. The molecular weight excluding hydrogens is 282 g/mol. The first-order valence-corrected chi connectivity index (χ1v) is 6.27. The Morgan fingerprint density at radius 3 is 2.95 bits per heavy atom. The number of hydrogen-bond donors (Lipinski definition) is 1. The van der Waals surface area contributed by atoms with Gasteiger partial charge in [0.2, 0.25) is 6.79 Å². The predicted molar refractivity (Wildman–Crippen MR) is 72.8 cm³/mol. The summed E-state index contributed by atoms with van der Waals surface area (Å²) in [7, 11) is 0. The van der Waals surface area contributed by atoms with Gasteiger partial charge in [-0.25, -0.2) is 14.3 Å². The van der Waals surface area contributed by atoms with Gasteiger partial charge < -0.3 is 14.5 Å². The minimum absolute atomic E-state index is 0.186. The second-order valence-corrected chi connectivity index (χ2v) is 4.70. The zero-order valence-corrected chi connectivity index (χ0v) is 10.8. The molecule has 1 aromatic carbocycles. The van der Waals surface area contributed by atoms with E-state index in [0.29, 0.717) is 33.5 Å². The maximum absolute atomic E-state index is 12.1. The molecule has 4 rings (SSSR count). The molecule has 0 radical (unpaired) electrons. The van der Waals surface area contributed by atoms with E-state index >= 15 is 0 Å². The van der Waals surface area contributed by atoms with Gasteiger partial charge in [-0.1, -0.05) is 11.6 Å². The van der Waals surface area contributed by atoms with Crippen LogP contribution in [0.2, 0.25) is 5.15 Å². The summed E-state index contributed by atoms with van der Waals surface area (Å²) in [6.07, 6.45) is 0. The van der Waals surface area contributed by atoms with Gasteiger partial charge in [-0.3, -0.25) is 0 Å². The lowest BCUT2D eigenvalue weighted by Crippen LogP contribution is -2.14. The second kappa shape index (κ2) is 4.01. The van der Waals surface area contributed by atoms with Crippen molar-refractivity contribution in [2.24, 2.45) is 0 Å². The molecule has 0 atom stereocenters. The molecule has 2 aromatic heterocycles. The number of H-pyrrole nitrogens is 1. The summed E-state index contributed by atoms with van der Waals surface area (Å²) in [5.41, 5.74) is 1.45. The van der Waals surface area contributed by atoms with Crippen molar-refractivity contribution in [2.45, 2.75) is 0 Å². The van der Waals surface area contributed by atoms with Crippen molar-refractivity contribution in [1.82, 2.24) is 14.5 Å². The van der Waals surface area contributed by atoms with Crippen LogP contribution in [0.4, 0.5) is 0 Å². The first-order chi connectivity index (χ1) is 9.72. The number of hydrogen-bond acceptors (Lipinski definition) is 4. The average Bonchev–Trinajstić information content (AvgIpc) is 3.00. The first kappa shape index (κ1) is 11.4. The van der Waals surface area contributed by atoms with Crippen LogP contribution in [0.3, 0.4) is 0 Å². The number of nitrogens with zero attached hydrogens (tertiary/aromatic N) is 2. The minimum atomic E-state index is -0.284. The van der Waals surface area contributed by atoms with E-state index in [1.54, 1.807) is 30.3 Å². The number of fused-ring (bicyclic) bond motifs is 2. The van der Waals surface area contributed by atoms with Crippen molar-refractivity contribution in [3.8, 4) is 17.2 Å². The van der Waals surface area contributed by atoms with Crippen LogP contribution in [0.15, 0.2) is 35.1 Å². The third-order valence-corrected chi connectivity index (χ3v) is 3.32. The summed E-state index contributed by atoms with van der Waals surface area (Å²) in [6, 6.07) is 8.61. The van der Waals surface area contributed by atoms with Crippen molar-refractivity contribution in [2.75, 3.05) is 6.79 Å². The summed E-state index contributed by atoms with van der Waals surface area (Å²) < 4.78 is 12.0. The largest absolute Gasteiger partial charge is 0.454 e. The fraction of sp³-hybridized carbons (Fsp3) is 0.0769. The quantitative estimate of drug-likeness (QED) is 0.697. The number of imidazole rings is 1. The number of nitrogens with one attached hydrogen (secondary N) is 1. The molecular formula is C13H8ClN3O3. The van der Waals surface area contributed by atoms with Gasteiger partial charge in [0.05, 0.1) is 11.2 Å². The van der Waals surface area contributed by atoms with Gasteiger partial charge in [-0.15, -0.1) is 0 Å². The van der Waals surface area contributed by atoms with E-state index in [9.17, 15) is 4.79 Å². The van der Waals surface area contributed by atoms with Crippen LogP contribution in [-0.2, 0) is 0 Å². The number of rotatable bonds is 1. The third kappa shape index (κ3) is 1.58. The van der Waals surface area contributed by atoms with Crippen molar-refractivity contribution in [3.05, 3.63) is 46.0 Å². The lowest BCUT2D eigenvalue weighted by molar-refractivity contribution is 0.174. The van der Waals surface area contributed by atoms with Crippen molar-refractivity contribution >= 4 is 22.8 Å². The molecule has 3 heterocycles. The third-order valence-electron chi connectivity index (χ3n) is 3.11. The molecule has 0 aliphatic carbocycles. The molecule has 0 unspecified atom stereocenters. The van der Waals surface area contributed by atoms with E-state index < -0.39 is 0 Å². The van der Waals surface area contributed by atoms with Gasteiger partial charge in [0.1, 0.15) is 5.15 Å². The van der Waals surface area contributed by atoms with E-state index in [0.717, 1.165) is 0 Å². The molecule has 0 saturated carbocycles. The molecule has 0 spiro atoms. The van der Waals surface area contributed by atoms with Gasteiger partial charge in [-0.2, -0.15) is 0 Å². The Labute approximate surface area is 117 Å². The number of aromatic nitrogens is 3.